The lowest BCUT2D eigenvalue weighted by molar-refractivity contribution is 0.000158. The van der Waals surface area contributed by atoms with Crippen molar-refractivity contribution in [3.8, 4) is 22.6 Å². The van der Waals surface area contributed by atoms with Crippen LogP contribution in [0.5, 0.6) is 11.5 Å². The first kappa shape index (κ1) is 21.8. The molecule has 2 aliphatic rings. The van der Waals surface area contributed by atoms with Crippen LogP contribution in [-0.2, 0) is 0 Å². The van der Waals surface area contributed by atoms with E-state index in [1.54, 1.807) is 4.90 Å². The van der Waals surface area contributed by atoms with Gasteiger partial charge in [-0.15, -0.1) is 0 Å². The minimum Gasteiger partial charge on any atom is -0.491 e. The molecular formula is C27H27ClN2O3. The summed E-state index contributed by atoms with van der Waals surface area (Å²) >= 11 is 6.01. The Labute approximate surface area is 199 Å². The summed E-state index contributed by atoms with van der Waals surface area (Å²) in [6.45, 7) is 7.21. The van der Waals surface area contributed by atoms with E-state index in [1.165, 1.54) is 0 Å². The number of anilines is 1. The van der Waals surface area contributed by atoms with E-state index in [1.807, 2.05) is 66.7 Å². The summed E-state index contributed by atoms with van der Waals surface area (Å²) in [4.78, 5) is 17.5. The standard InChI is InChI=1S/C27H27ClN2O3/c1-18(2)29-16-24(17-29)33-23-10-8-22(9-11-23)30-13-14-32-26-15-20(5-12-25(26)27(30)31)19-3-6-21(28)7-4-19/h3-12,15,18,24H,13-14,16-17H2,1-2H3. The van der Waals surface area contributed by atoms with Crippen molar-refractivity contribution in [3.05, 3.63) is 77.3 Å². The molecule has 1 fully saturated rings. The Hall–Kier alpha value is -3.02. The summed E-state index contributed by atoms with van der Waals surface area (Å²) < 4.78 is 12.0. The quantitative estimate of drug-likeness (QED) is 0.501. The van der Waals surface area contributed by atoms with Gasteiger partial charge in [-0.2, -0.15) is 0 Å². The Balaban J connectivity index is 1.30. The Morgan fingerprint density at radius 3 is 2.36 bits per heavy atom. The number of hydrogen-bond donors (Lipinski definition) is 0. The average molecular weight is 463 g/mol. The zero-order valence-electron chi connectivity index (χ0n) is 18.8. The molecule has 0 aromatic heterocycles. The Morgan fingerprint density at radius 2 is 1.67 bits per heavy atom. The number of carbonyl (C=O) groups excluding carboxylic acids is 1. The zero-order chi connectivity index (χ0) is 22.9. The van der Waals surface area contributed by atoms with Crippen LogP contribution in [0.1, 0.15) is 24.2 Å². The topological polar surface area (TPSA) is 42.0 Å². The second-order valence-electron chi connectivity index (χ2n) is 8.80. The highest BCUT2D eigenvalue weighted by Crippen LogP contribution is 2.32. The molecule has 0 bridgehead atoms. The van der Waals surface area contributed by atoms with Crippen LogP contribution >= 0.6 is 11.6 Å². The number of amides is 1. The molecule has 0 atom stereocenters. The minimum absolute atomic E-state index is 0.0645. The SMILES string of the molecule is CC(C)N1CC(Oc2ccc(N3CCOc4cc(-c5ccc(Cl)cc5)ccc4C3=O)cc2)C1. The van der Waals surface area contributed by atoms with Crippen molar-refractivity contribution in [1.29, 1.82) is 0 Å². The number of nitrogens with zero attached hydrogens (tertiary/aromatic N) is 2. The molecule has 0 aliphatic carbocycles. The molecule has 0 unspecified atom stereocenters. The third-order valence-electron chi connectivity index (χ3n) is 6.26. The highest BCUT2D eigenvalue weighted by atomic mass is 35.5. The first-order valence-corrected chi connectivity index (χ1v) is 11.7. The Bertz CT molecular complexity index is 1140. The van der Waals surface area contributed by atoms with Gasteiger partial charge < -0.3 is 14.4 Å². The number of halogens is 1. The maximum Gasteiger partial charge on any atom is 0.262 e. The van der Waals surface area contributed by atoms with Crippen LogP contribution in [0.3, 0.4) is 0 Å². The van der Waals surface area contributed by atoms with E-state index in [4.69, 9.17) is 21.1 Å². The number of ether oxygens (including phenoxy) is 2. The molecule has 0 spiro atoms. The van der Waals surface area contributed by atoms with E-state index in [9.17, 15) is 4.79 Å². The zero-order valence-corrected chi connectivity index (χ0v) is 19.6. The number of carbonyl (C=O) groups is 1. The maximum absolute atomic E-state index is 13.3. The van der Waals surface area contributed by atoms with Crippen LogP contribution in [0.15, 0.2) is 66.7 Å². The van der Waals surface area contributed by atoms with Gasteiger partial charge in [0.05, 0.1) is 12.1 Å². The van der Waals surface area contributed by atoms with Gasteiger partial charge >= 0.3 is 0 Å². The van der Waals surface area contributed by atoms with Crippen LogP contribution in [-0.4, -0.2) is 49.2 Å². The molecule has 0 saturated carbocycles. The molecule has 0 radical (unpaired) electrons. The normalized spacial score (nSPS) is 16.7. The Kier molecular flexibility index (Phi) is 6.00. The van der Waals surface area contributed by atoms with Crippen LogP contribution in [0, 0.1) is 0 Å². The van der Waals surface area contributed by atoms with Gasteiger partial charge in [0.15, 0.2) is 0 Å². The first-order valence-electron chi connectivity index (χ1n) is 11.3. The molecule has 1 saturated heterocycles. The van der Waals surface area contributed by atoms with Gasteiger partial charge in [0.25, 0.3) is 5.91 Å². The summed E-state index contributed by atoms with van der Waals surface area (Å²) in [5, 5.41) is 0.692. The molecular weight excluding hydrogens is 436 g/mol. The molecule has 5 rings (SSSR count). The Morgan fingerprint density at radius 1 is 0.970 bits per heavy atom. The predicted molar refractivity (Wildman–Crippen MR) is 132 cm³/mol. The van der Waals surface area contributed by atoms with Crippen LogP contribution in [0.2, 0.25) is 5.02 Å². The van der Waals surface area contributed by atoms with E-state index < -0.39 is 0 Å². The molecule has 2 aliphatic heterocycles. The van der Waals surface area contributed by atoms with Gasteiger partial charge in [0.1, 0.15) is 24.2 Å². The van der Waals surface area contributed by atoms with Gasteiger partial charge in [0, 0.05) is 29.8 Å². The summed E-state index contributed by atoms with van der Waals surface area (Å²) in [5.74, 6) is 1.37. The van der Waals surface area contributed by atoms with E-state index in [-0.39, 0.29) is 12.0 Å². The van der Waals surface area contributed by atoms with Crippen molar-refractivity contribution in [2.45, 2.75) is 26.0 Å². The fourth-order valence-electron chi connectivity index (χ4n) is 4.24. The van der Waals surface area contributed by atoms with E-state index in [0.717, 1.165) is 35.7 Å². The molecule has 1 amide bonds. The van der Waals surface area contributed by atoms with Gasteiger partial charge in [-0.05, 0) is 73.5 Å². The molecule has 3 aromatic rings. The summed E-state index contributed by atoms with van der Waals surface area (Å²) in [6.07, 6.45) is 0.230. The lowest BCUT2D eigenvalue weighted by atomic mass is 10.0. The third-order valence-corrected chi connectivity index (χ3v) is 6.52. The first-order chi connectivity index (χ1) is 16.0. The largest absolute Gasteiger partial charge is 0.491 e. The molecule has 33 heavy (non-hydrogen) atoms. The van der Waals surface area contributed by atoms with Crippen molar-refractivity contribution < 1.29 is 14.3 Å². The van der Waals surface area contributed by atoms with Crippen molar-refractivity contribution >= 4 is 23.2 Å². The van der Waals surface area contributed by atoms with Crippen molar-refractivity contribution in [1.82, 2.24) is 4.90 Å². The van der Waals surface area contributed by atoms with Crippen LogP contribution < -0.4 is 14.4 Å². The molecule has 5 nitrogen and oxygen atoms in total. The van der Waals surface area contributed by atoms with Gasteiger partial charge in [-0.25, -0.2) is 0 Å². The lowest BCUT2D eigenvalue weighted by Gasteiger charge is -2.41. The molecule has 170 valence electrons. The van der Waals surface area contributed by atoms with Crippen LogP contribution in [0.4, 0.5) is 5.69 Å². The second kappa shape index (κ2) is 9.08. The minimum atomic E-state index is -0.0645. The lowest BCUT2D eigenvalue weighted by Crippen LogP contribution is -2.56. The molecule has 2 heterocycles. The smallest absolute Gasteiger partial charge is 0.262 e. The van der Waals surface area contributed by atoms with Crippen molar-refractivity contribution in [2.75, 3.05) is 31.1 Å². The van der Waals surface area contributed by atoms with Crippen LogP contribution in [0.25, 0.3) is 11.1 Å². The second-order valence-corrected chi connectivity index (χ2v) is 9.24. The monoisotopic (exact) mass is 462 g/mol. The van der Waals surface area contributed by atoms with E-state index in [0.29, 0.717) is 35.5 Å². The van der Waals surface area contributed by atoms with Crippen molar-refractivity contribution in [3.63, 3.8) is 0 Å². The number of hydrogen-bond acceptors (Lipinski definition) is 4. The van der Waals surface area contributed by atoms with E-state index in [2.05, 4.69) is 18.7 Å². The predicted octanol–water partition coefficient (Wildman–Crippen LogP) is 5.52. The summed E-state index contributed by atoms with van der Waals surface area (Å²) in [5.41, 5.74) is 3.41. The number of benzene rings is 3. The van der Waals surface area contributed by atoms with Gasteiger partial charge in [-0.3, -0.25) is 9.69 Å². The molecule has 0 N–H and O–H groups in total. The highest BCUT2D eigenvalue weighted by Gasteiger charge is 2.30. The number of likely N-dealkylation sites (tertiary alicyclic amines) is 1. The maximum atomic E-state index is 13.3. The fourth-order valence-corrected chi connectivity index (χ4v) is 4.37. The number of rotatable bonds is 5. The highest BCUT2D eigenvalue weighted by molar-refractivity contribution is 6.30. The molecule has 6 heteroatoms. The number of fused-ring (bicyclic) bond motifs is 1. The van der Waals surface area contributed by atoms with E-state index >= 15 is 0 Å². The van der Waals surface area contributed by atoms with Crippen molar-refractivity contribution in [2.24, 2.45) is 0 Å². The van der Waals surface area contributed by atoms with Gasteiger partial charge in [0.2, 0.25) is 0 Å². The fraction of sp³-hybridized carbons (Fsp3) is 0.296. The molecule has 3 aromatic carbocycles. The van der Waals surface area contributed by atoms with Gasteiger partial charge in [-0.1, -0.05) is 29.8 Å². The average Bonchev–Trinajstić information content (AvgIpc) is 2.95. The third kappa shape index (κ3) is 4.56. The summed E-state index contributed by atoms with van der Waals surface area (Å²) in [7, 11) is 0. The summed E-state index contributed by atoms with van der Waals surface area (Å²) in [6, 6.07) is 21.7.